The van der Waals surface area contributed by atoms with Crippen molar-refractivity contribution >= 4 is 22.2 Å². The van der Waals surface area contributed by atoms with Gasteiger partial charge in [0.2, 0.25) is 5.88 Å². The summed E-state index contributed by atoms with van der Waals surface area (Å²) in [5, 5.41) is 18.9. The summed E-state index contributed by atoms with van der Waals surface area (Å²) >= 11 is 0. The lowest BCUT2D eigenvalue weighted by Crippen LogP contribution is -2.27. The summed E-state index contributed by atoms with van der Waals surface area (Å²) in [4.78, 5) is 32.9. The molecular formula is C26H20N6O3. The van der Waals surface area contributed by atoms with Crippen LogP contribution in [-0.4, -0.2) is 32.6 Å². The van der Waals surface area contributed by atoms with Gasteiger partial charge in [0.15, 0.2) is 5.69 Å². The molecule has 5 aromatic rings. The van der Waals surface area contributed by atoms with E-state index in [9.17, 15) is 14.9 Å². The first-order valence-corrected chi connectivity index (χ1v) is 10.8. The minimum absolute atomic E-state index is 0.0148. The summed E-state index contributed by atoms with van der Waals surface area (Å²) in [6.45, 7) is 1.79. The molecule has 35 heavy (non-hydrogen) atoms. The molecule has 0 saturated carbocycles. The summed E-state index contributed by atoms with van der Waals surface area (Å²) < 4.78 is 6.35. The average molecular weight is 464 g/mol. The summed E-state index contributed by atoms with van der Waals surface area (Å²) in [6, 6.07) is 18.7. The van der Waals surface area contributed by atoms with Gasteiger partial charge in [-0.15, -0.1) is 0 Å². The summed E-state index contributed by atoms with van der Waals surface area (Å²) in [7, 11) is 1.52. The Labute approximate surface area is 199 Å². The molecule has 2 aromatic carbocycles. The lowest BCUT2D eigenvalue weighted by molar-refractivity contribution is 0.0934. The van der Waals surface area contributed by atoms with Crippen LogP contribution in [0.25, 0.3) is 27.5 Å². The number of H-pyrrole nitrogens is 1. The molecular weight excluding hydrogens is 444 g/mol. The van der Waals surface area contributed by atoms with Gasteiger partial charge in [0.1, 0.15) is 17.1 Å². The van der Waals surface area contributed by atoms with Gasteiger partial charge < -0.3 is 15.0 Å². The summed E-state index contributed by atoms with van der Waals surface area (Å²) in [6.07, 6.45) is 3.20. The van der Waals surface area contributed by atoms with Crippen molar-refractivity contribution in [3.63, 3.8) is 0 Å². The van der Waals surface area contributed by atoms with E-state index in [0.29, 0.717) is 11.6 Å². The summed E-state index contributed by atoms with van der Waals surface area (Å²) in [5.41, 5.74) is 1.34. The van der Waals surface area contributed by atoms with Gasteiger partial charge in [0.05, 0.1) is 25.0 Å². The van der Waals surface area contributed by atoms with Crippen LogP contribution in [-0.2, 0) is 0 Å². The van der Waals surface area contributed by atoms with Crippen LogP contribution in [0, 0.1) is 11.3 Å². The number of aromatic nitrogens is 4. The molecule has 0 aliphatic carbocycles. The van der Waals surface area contributed by atoms with Crippen LogP contribution in [0.15, 0.2) is 71.8 Å². The van der Waals surface area contributed by atoms with Gasteiger partial charge in [-0.05, 0) is 29.3 Å². The van der Waals surface area contributed by atoms with Crippen LogP contribution in [0.1, 0.15) is 34.6 Å². The molecule has 3 heterocycles. The standard InChI is InChI=1S/C26H20N6O3/c1-15(19-9-10-22(35-2)28-13-19)29-25(33)23-20(12-27)24-26(34)30-21(14-32(24)31-23)18-8-7-16-5-3-4-6-17(16)11-18/h3-11,13-15H,1-2H3,(H,29,33)(H,30,34). The molecule has 0 bridgehead atoms. The molecule has 0 spiro atoms. The number of nitrogens with zero attached hydrogens (tertiary/aromatic N) is 4. The Hall–Kier alpha value is -4.97. The maximum absolute atomic E-state index is 13.0. The predicted molar refractivity (Wildman–Crippen MR) is 130 cm³/mol. The number of nitrogens with one attached hydrogen (secondary N) is 2. The summed E-state index contributed by atoms with van der Waals surface area (Å²) in [5.74, 6) is -0.110. The van der Waals surface area contributed by atoms with E-state index in [1.54, 1.807) is 31.5 Å². The van der Waals surface area contributed by atoms with Gasteiger partial charge in [0, 0.05) is 17.8 Å². The van der Waals surface area contributed by atoms with Crippen molar-refractivity contribution in [2.45, 2.75) is 13.0 Å². The van der Waals surface area contributed by atoms with E-state index in [1.165, 1.54) is 11.6 Å². The second kappa shape index (κ2) is 8.76. The van der Waals surface area contributed by atoms with E-state index in [1.807, 2.05) is 48.5 Å². The first kappa shape index (κ1) is 21.9. The zero-order valence-corrected chi connectivity index (χ0v) is 18.9. The molecule has 1 unspecified atom stereocenters. The van der Waals surface area contributed by atoms with Crippen molar-refractivity contribution in [2.24, 2.45) is 0 Å². The predicted octanol–water partition coefficient (Wildman–Crippen LogP) is 3.61. The molecule has 0 saturated heterocycles. The molecule has 0 fully saturated rings. The number of carbonyl (C=O) groups excluding carboxylic acids is 1. The van der Waals surface area contributed by atoms with E-state index in [-0.39, 0.29) is 16.8 Å². The van der Waals surface area contributed by atoms with Crippen molar-refractivity contribution in [1.29, 1.82) is 5.26 Å². The molecule has 1 atom stereocenters. The number of amides is 1. The Morgan fingerprint density at radius 3 is 2.69 bits per heavy atom. The van der Waals surface area contributed by atoms with Gasteiger partial charge in [-0.3, -0.25) is 9.59 Å². The molecule has 2 N–H and O–H groups in total. The van der Waals surface area contributed by atoms with Crippen LogP contribution >= 0.6 is 0 Å². The second-order valence-electron chi connectivity index (χ2n) is 8.02. The van der Waals surface area contributed by atoms with Crippen molar-refractivity contribution in [2.75, 3.05) is 7.11 Å². The van der Waals surface area contributed by atoms with E-state index >= 15 is 0 Å². The number of nitriles is 1. The van der Waals surface area contributed by atoms with E-state index in [4.69, 9.17) is 4.74 Å². The molecule has 1 amide bonds. The number of hydrogen-bond acceptors (Lipinski definition) is 6. The first-order chi connectivity index (χ1) is 17.0. The number of hydrogen-bond donors (Lipinski definition) is 2. The molecule has 0 aliphatic rings. The van der Waals surface area contributed by atoms with Crippen LogP contribution < -0.4 is 15.6 Å². The number of rotatable bonds is 5. The number of aromatic amines is 1. The van der Waals surface area contributed by atoms with Gasteiger partial charge in [-0.2, -0.15) is 10.4 Å². The van der Waals surface area contributed by atoms with Crippen LogP contribution in [0.5, 0.6) is 5.88 Å². The first-order valence-electron chi connectivity index (χ1n) is 10.8. The third-order valence-electron chi connectivity index (χ3n) is 5.83. The topological polar surface area (TPSA) is 125 Å². The Kier molecular flexibility index (Phi) is 5.47. The van der Waals surface area contributed by atoms with Crippen LogP contribution in [0.3, 0.4) is 0 Å². The Morgan fingerprint density at radius 1 is 1.17 bits per heavy atom. The molecule has 172 valence electrons. The number of benzene rings is 2. The highest BCUT2D eigenvalue weighted by Crippen LogP contribution is 2.23. The highest BCUT2D eigenvalue weighted by molar-refractivity contribution is 5.97. The van der Waals surface area contributed by atoms with Crippen molar-refractivity contribution in [3.8, 4) is 23.2 Å². The maximum atomic E-state index is 13.0. The fourth-order valence-electron chi connectivity index (χ4n) is 3.97. The fraction of sp³-hybridized carbons (Fsp3) is 0.115. The number of fused-ring (bicyclic) bond motifs is 2. The highest BCUT2D eigenvalue weighted by Gasteiger charge is 2.23. The monoisotopic (exact) mass is 464 g/mol. The molecule has 3 aromatic heterocycles. The van der Waals surface area contributed by atoms with Crippen LogP contribution in [0.2, 0.25) is 0 Å². The van der Waals surface area contributed by atoms with Gasteiger partial charge in [-0.1, -0.05) is 42.5 Å². The van der Waals surface area contributed by atoms with Gasteiger partial charge in [-0.25, -0.2) is 9.50 Å². The van der Waals surface area contributed by atoms with E-state index in [0.717, 1.165) is 21.9 Å². The zero-order chi connectivity index (χ0) is 24.5. The van der Waals surface area contributed by atoms with E-state index in [2.05, 4.69) is 20.4 Å². The minimum Gasteiger partial charge on any atom is -0.481 e. The van der Waals surface area contributed by atoms with Gasteiger partial charge in [0.25, 0.3) is 11.5 Å². The van der Waals surface area contributed by atoms with Gasteiger partial charge >= 0.3 is 0 Å². The second-order valence-corrected chi connectivity index (χ2v) is 8.02. The smallest absolute Gasteiger partial charge is 0.275 e. The highest BCUT2D eigenvalue weighted by atomic mass is 16.5. The Balaban J connectivity index is 1.51. The molecule has 0 aliphatic heterocycles. The normalized spacial score (nSPS) is 11.8. The van der Waals surface area contributed by atoms with Crippen LogP contribution in [0.4, 0.5) is 0 Å². The number of carbonyl (C=O) groups is 1. The maximum Gasteiger partial charge on any atom is 0.275 e. The lowest BCUT2D eigenvalue weighted by Gasteiger charge is -2.13. The number of pyridine rings is 1. The van der Waals surface area contributed by atoms with Crippen molar-refractivity contribution < 1.29 is 9.53 Å². The Morgan fingerprint density at radius 2 is 1.97 bits per heavy atom. The fourth-order valence-corrected chi connectivity index (χ4v) is 3.97. The van der Waals surface area contributed by atoms with Crippen molar-refractivity contribution in [1.82, 2.24) is 24.9 Å². The molecule has 0 radical (unpaired) electrons. The SMILES string of the molecule is COc1ccc(C(C)NC(=O)c2nn3cc(-c4ccc5ccccc5c4)[nH]c(=O)c3c2C#N)cn1. The average Bonchev–Trinajstić information content (AvgIpc) is 3.28. The third kappa shape index (κ3) is 3.98. The third-order valence-corrected chi connectivity index (χ3v) is 5.83. The number of methoxy groups -OCH3 is 1. The molecule has 9 heteroatoms. The quantitative estimate of drug-likeness (QED) is 0.409. The lowest BCUT2D eigenvalue weighted by atomic mass is 10.1. The number of ether oxygens (including phenoxy) is 1. The minimum atomic E-state index is -0.569. The zero-order valence-electron chi connectivity index (χ0n) is 18.9. The van der Waals surface area contributed by atoms with E-state index < -0.39 is 17.5 Å². The molecule has 9 nitrogen and oxygen atoms in total. The molecule has 5 rings (SSSR count). The largest absolute Gasteiger partial charge is 0.481 e. The Bertz CT molecular complexity index is 1680. The van der Waals surface area contributed by atoms with Crippen molar-refractivity contribution in [3.05, 3.63) is 94.2 Å².